The molecule has 1 atom stereocenters. The number of carbonyl (C=O) groups is 3. The van der Waals surface area contributed by atoms with Gasteiger partial charge < -0.3 is 19.1 Å². The van der Waals surface area contributed by atoms with E-state index >= 15 is 0 Å². The number of nitrogens with zero attached hydrogens (tertiary/aromatic N) is 3. The lowest BCUT2D eigenvalue weighted by Gasteiger charge is -2.32. The van der Waals surface area contributed by atoms with E-state index in [2.05, 4.69) is 6.58 Å². The summed E-state index contributed by atoms with van der Waals surface area (Å²) in [6.07, 6.45) is -2.70. The number of hydrogen-bond acceptors (Lipinski definition) is 10. The van der Waals surface area contributed by atoms with Crippen molar-refractivity contribution >= 4 is 29.4 Å². The maximum atomic E-state index is 13.4. The number of nitro groups is 2. The molecule has 0 N–H and O–H groups in total. The van der Waals surface area contributed by atoms with E-state index in [0.717, 1.165) is 0 Å². The largest absolute Gasteiger partial charge is 0.458 e. The summed E-state index contributed by atoms with van der Waals surface area (Å²) in [6.45, 7) is 5.05. The van der Waals surface area contributed by atoms with Crippen LogP contribution < -0.4 is 0 Å². The van der Waals surface area contributed by atoms with Crippen LogP contribution in [0.3, 0.4) is 0 Å². The lowest BCUT2D eigenvalue weighted by Crippen LogP contribution is -2.41. The Balaban J connectivity index is 1.46. The van der Waals surface area contributed by atoms with Gasteiger partial charge in [-0.05, 0) is 37.5 Å². The summed E-state index contributed by atoms with van der Waals surface area (Å²) in [6, 6.07) is 19.9. The van der Waals surface area contributed by atoms with Crippen LogP contribution in [0.1, 0.15) is 48.7 Å². The zero-order valence-corrected chi connectivity index (χ0v) is 24.4. The Morgan fingerprint density at radius 2 is 1.36 bits per heavy atom. The summed E-state index contributed by atoms with van der Waals surface area (Å²) < 4.78 is 16.7. The molecule has 1 amide bonds. The van der Waals surface area contributed by atoms with Crippen LogP contribution >= 0.6 is 0 Å². The number of likely N-dealkylation sites (tertiary alicyclic amines) is 1. The van der Waals surface area contributed by atoms with Gasteiger partial charge >= 0.3 is 18.0 Å². The van der Waals surface area contributed by atoms with E-state index < -0.39 is 46.0 Å². The molecule has 0 bridgehead atoms. The first-order valence-electron chi connectivity index (χ1n) is 14.1. The molecule has 0 spiro atoms. The third-order valence-electron chi connectivity index (χ3n) is 7.28. The highest BCUT2D eigenvalue weighted by molar-refractivity contribution is 5.87. The van der Waals surface area contributed by atoms with Gasteiger partial charge in [-0.25, -0.2) is 9.59 Å². The first-order chi connectivity index (χ1) is 21.6. The molecular formula is C32H31N3O10. The number of amides is 1. The van der Waals surface area contributed by atoms with Gasteiger partial charge in [0.2, 0.25) is 0 Å². The van der Waals surface area contributed by atoms with Crippen molar-refractivity contribution in [2.45, 2.75) is 32.0 Å². The van der Waals surface area contributed by atoms with Crippen LogP contribution in [0.4, 0.5) is 16.2 Å². The van der Waals surface area contributed by atoms with Gasteiger partial charge in [0.15, 0.2) is 12.2 Å². The van der Waals surface area contributed by atoms with Crippen molar-refractivity contribution in [3.63, 3.8) is 0 Å². The summed E-state index contributed by atoms with van der Waals surface area (Å²) in [5, 5.41) is 23.6. The van der Waals surface area contributed by atoms with Crippen molar-refractivity contribution < 1.29 is 38.4 Å². The molecule has 4 rings (SSSR count). The quantitative estimate of drug-likeness (QED) is 0.0837. The van der Waals surface area contributed by atoms with Gasteiger partial charge in [0.25, 0.3) is 11.4 Å². The van der Waals surface area contributed by atoms with E-state index in [1.54, 1.807) is 30.3 Å². The molecule has 0 saturated carbocycles. The van der Waals surface area contributed by atoms with Crippen molar-refractivity contribution in [1.29, 1.82) is 0 Å². The molecule has 0 aliphatic carbocycles. The summed E-state index contributed by atoms with van der Waals surface area (Å²) in [5.41, 5.74) is 0.0650. The predicted octanol–water partition coefficient (Wildman–Crippen LogP) is 5.84. The molecule has 1 unspecified atom stereocenters. The van der Waals surface area contributed by atoms with E-state index in [1.165, 1.54) is 60.4 Å². The fourth-order valence-electron chi connectivity index (χ4n) is 4.90. The van der Waals surface area contributed by atoms with Gasteiger partial charge in [-0.1, -0.05) is 61.2 Å². The van der Waals surface area contributed by atoms with Crippen molar-refractivity contribution in [2.24, 2.45) is 5.92 Å². The van der Waals surface area contributed by atoms with Gasteiger partial charge in [0.1, 0.15) is 6.61 Å². The third-order valence-corrected chi connectivity index (χ3v) is 7.28. The Morgan fingerprint density at radius 3 is 1.87 bits per heavy atom. The van der Waals surface area contributed by atoms with Gasteiger partial charge in [0.05, 0.1) is 26.9 Å². The maximum Gasteiger partial charge on any atom is 0.410 e. The number of piperidine rings is 1. The number of rotatable bonds is 11. The Kier molecular flexibility index (Phi) is 10.6. The average Bonchev–Trinajstić information content (AvgIpc) is 3.05. The molecule has 13 nitrogen and oxygen atoms in total. The second-order valence-electron chi connectivity index (χ2n) is 10.4. The molecule has 45 heavy (non-hydrogen) atoms. The SMILES string of the molecule is C=C(C)C(=O)OCC(OC(=O)C1CCN(C(=O)OC(c2ccccc2[N+](=O)[O-])c2ccccc2[N+](=O)[O-])CC1)c1ccccc1. The molecule has 13 heteroatoms. The van der Waals surface area contributed by atoms with Crippen LogP contribution in [-0.4, -0.2) is 52.5 Å². The Morgan fingerprint density at radius 1 is 0.844 bits per heavy atom. The number of nitro benzene ring substituents is 2. The summed E-state index contributed by atoms with van der Waals surface area (Å²) >= 11 is 0. The lowest BCUT2D eigenvalue weighted by atomic mass is 9.97. The molecule has 1 heterocycles. The van der Waals surface area contributed by atoms with E-state index in [4.69, 9.17) is 14.2 Å². The normalized spacial score (nSPS) is 13.9. The van der Waals surface area contributed by atoms with Crippen LogP contribution in [0.25, 0.3) is 0 Å². The number of hydrogen-bond donors (Lipinski definition) is 0. The molecule has 1 aliphatic rings. The summed E-state index contributed by atoms with van der Waals surface area (Å²) in [7, 11) is 0. The highest BCUT2D eigenvalue weighted by Crippen LogP contribution is 2.38. The van der Waals surface area contributed by atoms with Crippen LogP contribution in [0, 0.1) is 26.1 Å². The minimum atomic E-state index is -1.45. The Hall–Kier alpha value is -5.59. The molecule has 1 aliphatic heterocycles. The van der Waals surface area contributed by atoms with Gasteiger partial charge in [0, 0.05) is 30.8 Å². The molecule has 0 radical (unpaired) electrons. The van der Waals surface area contributed by atoms with Crippen LogP contribution in [0.5, 0.6) is 0 Å². The highest BCUT2D eigenvalue weighted by atomic mass is 16.6. The van der Waals surface area contributed by atoms with Crippen LogP contribution in [0.15, 0.2) is 91.0 Å². The zero-order chi connectivity index (χ0) is 32.5. The van der Waals surface area contributed by atoms with Crippen molar-refractivity contribution in [3.05, 3.63) is 128 Å². The fraction of sp³-hybridized carbons (Fsp3) is 0.281. The number of ether oxygens (including phenoxy) is 3. The van der Waals surface area contributed by atoms with Gasteiger partial charge in [-0.2, -0.15) is 0 Å². The molecule has 0 aromatic heterocycles. The second kappa shape index (κ2) is 14.7. The first-order valence-corrected chi connectivity index (χ1v) is 14.1. The Labute approximate surface area is 258 Å². The molecular weight excluding hydrogens is 586 g/mol. The molecule has 1 saturated heterocycles. The lowest BCUT2D eigenvalue weighted by molar-refractivity contribution is -0.387. The topological polar surface area (TPSA) is 168 Å². The number of para-hydroxylation sites is 2. The van der Waals surface area contributed by atoms with Gasteiger partial charge in [-0.3, -0.25) is 25.0 Å². The molecule has 1 fully saturated rings. The Bertz CT molecular complexity index is 1530. The first kappa shape index (κ1) is 32.3. The number of benzene rings is 3. The molecule has 3 aromatic rings. The van der Waals surface area contributed by atoms with E-state index in [1.807, 2.05) is 0 Å². The van der Waals surface area contributed by atoms with Crippen LogP contribution in [-0.2, 0) is 23.8 Å². The molecule has 3 aromatic carbocycles. The minimum absolute atomic E-state index is 0.0251. The monoisotopic (exact) mass is 617 g/mol. The highest BCUT2D eigenvalue weighted by Gasteiger charge is 2.36. The number of carbonyl (C=O) groups excluding carboxylic acids is 3. The summed E-state index contributed by atoms with van der Waals surface area (Å²) in [4.78, 5) is 62.1. The third kappa shape index (κ3) is 8.07. The minimum Gasteiger partial charge on any atom is -0.458 e. The number of esters is 2. The fourth-order valence-corrected chi connectivity index (χ4v) is 4.90. The van der Waals surface area contributed by atoms with Crippen molar-refractivity contribution in [2.75, 3.05) is 19.7 Å². The molecule has 234 valence electrons. The smallest absolute Gasteiger partial charge is 0.410 e. The summed E-state index contributed by atoms with van der Waals surface area (Å²) in [5.74, 6) is -1.71. The van der Waals surface area contributed by atoms with E-state index in [-0.39, 0.29) is 60.6 Å². The predicted molar refractivity (Wildman–Crippen MR) is 160 cm³/mol. The standard InChI is InChI=1S/C32H31N3O10/c1-21(2)30(36)43-20-28(22-10-4-3-5-11-22)44-31(37)23-16-18-33(19-17-23)32(38)45-29(24-12-6-8-14-26(24)34(39)40)25-13-7-9-15-27(25)35(41)42/h3-15,23,28-29H,1,16-20H2,2H3. The average molecular weight is 618 g/mol. The van der Waals surface area contributed by atoms with Crippen LogP contribution in [0.2, 0.25) is 0 Å². The van der Waals surface area contributed by atoms with Gasteiger partial charge in [-0.15, -0.1) is 0 Å². The second-order valence-corrected chi connectivity index (χ2v) is 10.4. The van der Waals surface area contributed by atoms with Crippen molar-refractivity contribution in [3.8, 4) is 0 Å². The van der Waals surface area contributed by atoms with E-state index in [0.29, 0.717) is 5.56 Å². The van der Waals surface area contributed by atoms with E-state index in [9.17, 15) is 34.6 Å². The zero-order valence-electron chi connectivity index (χ0n) is 24.4. The van der Waals surface area contributed by atoms with Crippen molar-refractivity contribution in [1.82, 2.24) is 4.90 Å². The maximum absolute atomic E-state index is 13.4.